The van der Waals surface area contributed by atoms with Crippen LogP contribution in [0, 0.1) is 0 Å². The number of ether oxygens (including phenoxy) is 1. The van der Waals surface area contributed by atoms with Gasteiger partial charge in [0.1, 0.15) is 0 Å². The second kappa shape index (κ2) is 5.87. The molecular formula is C14H20N2O2. The first-order valence-corrected chi connectivity index (χ1v) is 6.41. The monoisotopic (exact) mass is 248 g/mol. The molecule has 4 heteroatoms. The van der Waals surface area contributed by atoms with Crippen LogP contribution >= 0.6 is 0 Å². The lowest BCUT2D eigenvalue weighted by atomic mass is 10.1. The number of hydrogen-bond acceptors (Lipinski definition) is 3. The van der Waals surface area contributed by atoms with Crippen LogP contribution in [0.5, 0.6) is 0 Å². The van der Waals surface area contributed by atoms with Gasteiger partial charge in [0.15, 0.2) is 0 Å². The van der Waals surface area contributed by atoms with Gasteiger partial charge in [-0.2, -0.15) is 0 Å². The van der Waals surface area contributed by atoms with Crippen LogP contribution in [0.4, 0.5) is 5.69 Å². The van der Waals surface area contributed by atoms with Gasteiger partial charge in [0.25, 0.3) is 5.91 Å². The molecule has 1 saturated heterocycles. The number of nitrogens with one attached hydrogen (secondary N) is 1. The van der Waals surface area contributed by atoms with E-state index in [-0.39, 0.29) is 12.0 Å². The number of amides is 1. The fraction of sp³-hybridized carbons (Fsp3) is 0.500. The Labute approximate surface area is 108 Å². The van der Waals surface area contributed by atoms with E-state index in [1.165, 1.54) is 0 Å². The highest BCUT2D eigenvalue weighted by molar-refractivity contribution is 5.99. The van der Waals surface area contributed by atoms with Crippen LogP contribution in [0.2, 0.25) is 0 Å². The van der Waals surface area contributed by atoms with E-state index in [1.807, 2.05) is 36.1 Å². The largest absolute Gasteiger partial charge is 0.385 e. The average Bonchev–Trinajstić information content (AvgIpc) is 2.88. The summed E-state index contributed by atoms with van der Waals surface area (Å²) in [5.41, 5.74) is 1.65. The fourth-order valence-corrected chi connectivity index (χ4v) is 2.29. The van der Waals surface area contributed by atoms with Crippen LogP contribution in [-0.2, 0) is 4.74 Å². The van der Waals surface area contributed by atoms with E-state index in [0.29, 0.717) is 6.54 Å². The summed E-state index contributed by atoms with van der Waals surface area (Å²) in [5.74, 6) is 0.0890. The Hall–Kier alpha value is -1.55. The van der Waals surface area contributed by atoms with Crippen molar-refractivity contribution in [2.24, 2.45) is 0 Å². The number of carbonyl (C=O) groups is 1. The smallest absolute Gasteiger partial charge is 0.256 e. The van der Waals surface area contributed by atoms with Gasteiger partial charge in [-0.3, -0.25) is 4.79 Å². The summed E-state index contributed by atoms with van der Waals surface area (Å²) in [7, 11) is 1.70. The number of carbonyl (C=O) groups excluding carboxylic acids is 1. The molecule has 1 N–H and O–H groups in total. The summed E-state index contributed by atoms with van der Waals surface area (Å²) >= 11 is 0. The molecule has 2 rings (SSSR count). The van der Waals surface area contributed by atoms with Gasteiger partial charge < -0.3 is 15.0 Å². The summed E-state index contributed by atoms with van der Waals surface area (Å²) < 4.78 is 5.30. The Morgan fingerprint density at radius 2 is 2.28 bits per heavy atom. The van der Waals surface area contributed by atoms with Crippen LogP contribution in [0.1, 0.15) is 23.7 Å². The van der Waals surface area contributed by atoms with Crippen molar-refractivity contribution in [2.45, 2.75) is 19.4 Å². The summed E-state index contributed by atoms with van der Waals surface area (Å²) in [6.07, 6.45) is 1.10. The van der Waals surface area contributed by atoms with Crippen LogP contribution in [0.25, 0.3) is 0 Å². The average molecular weight is 248 g/mol. The Kier molecular flexibility index (Phi) is 4.20. The van der Waals surface area contributed by atoms with Crippen molar-refractivity contribution in [1.29, 1.82) is 0 Å². The molecule has 0 saturated carbocycles. The fourth-order valence-electron chi connectivity index (χ4n) is 2.29. The zero-order valence-corrected chi connectivity index (χ0v) is 11.0. The first-order chi connectivity index (χ1) is 8.76. The molecule has 1 aromatic rings. The SMILES string of the molecule is CCNc1ccccc1C(=O)N1CCC(OC)C1. The number of methoxy groups -OCH3 is 1. The van der Waals surface area contributed by atoms with Gasteiger partial charge in [-0.25, -0.2) is 0 Å². The van der Waals surface area contributed by atoms with Gasteiger partial charge in [0, 0.05) is 32.4 Å². The molecule has 1 fully saturated rings. The number of anilines is 1. The molecule has 0 bridgehead atoms. The number of benzene rings is 1. The van der Waals surface area contributed by atoms with Crippen molar-refractivity contribution in [3.8, 4) is 0 Å². The van der Waals surface area contributed by atoms with E-state index in [2.05, 4.69) is 5.32 Å². The quantitative estimate of drug-likeness (QED) is 0.886. The topological polar surface area (TPSA) is 41.6 Å². The maximum Gasteiger partial charge on any atom is 0.256 e. The van der Waals surface area contributed by atoms with Gasteiger partial charge in [0.2, 0.25) is 0 Å². The first-order valence-electron chi connectivity index (χ1n) is 6.41. The van der Waals surface area contributed by atoms with Crippen molar-refractivity contribution >= 4 is 11.6 Å². The molecule has 0 aromatic heterocycles. The molecule has 4 nitrogen and oxygen atoms in total. The Balaban J connectivity index is 2.14. The molecule has 1 unspecified atom stereocenters. The van der Waals surface area contributed by atoms with Gasteiger partial charge in [-0.05, 0) is 25.5 Å². The number of likely N-dealkylation sites (tertiary alicyclic amines) is 1. The lowest BCUT2D eigenvalue weighted by molar-refractivity contribution is 0.0725. The van der Waals surface area contributed by atoms with Gasteiger partial charge in [-0.15, -0.1) is 0 Å². The first kappa shape index (κ1) is 12.9. The zero-order chi connectivity index (χ0) is 13.0. The minimum Gasteiger partial charge on any atom is -0.385 e. The van der Waals surface area contributed by atoms with E-state index >= 15 is 0 Å². The molecule has 98 valence electrons. The highest BCUT2D eigenvalue weighted by Crippen LogP contribution is 2.20. The highest BCUT2D eigenvalue weighted by Gasteiger charge is 2.27. The number of para-hydroxylation sites is 1. The minimum absolute atomic E-state index is 0.0890. The molecule has 0 aliphatic carbocycles. The highest BCUT2D eigenvalue weighted by atomic mass is 16.5. The van der Waals surface area contributed by atoms with E-state index in [4.69, 9.17) is 4.74 Å². The number of rotatable bonds is 4. The molecule has 1 aliphatic heterocycles. The Morgan fingerprint density at radius 1 is 1.50 bits per heavy atom. The van der Waals surface area contributed by atoms with E-state index in [0.717, 1.165) is 30.8 Å². The molecule has 0 spiro atoms. The van der Waals surface area contributed by atoms with Crippen molar-refractivity contribution in [1.82, 2.24) is 4.90 Å². The zero-order valence-electron chi connectivity index (χ0n) is 11.0. The number of hydrogen-bond donors (Lipinski definition) is 1. The van der Waals surface area contributed by atoms with Crippen molar-refractivity contribution in [3.63, 3.8) is 0 Å². The second-order valence-corrected chi connectivity index (χ2v) is 4.47. The third-order valence-corrected chi connectivity index (χ3v) is 3.29. The molecule has 1 heterocycles. The van der Waals surface area contributed by atoms with Gasteiger partial charge in [0.05, 0.1) is 11.7 Å². The van der Waals surface area contributed by atoms with Crippen LogP contribution in [-0.4, -0.2) is 43.7 Å². The predicted molar refractivity (Wildman–Crippen MR) is 71.9 cm³/mol. The maximum absolute atomic E-state index is 12.4. The van der Waals surface area contributed by atoms with Crippen molar-refractivity contribution in [2.75, 3.05) is 32.1 Å². The Morgan fingerprint density at radius 3 is 2.94 bits per heavy atom. The predicted octanol–water partition coefficient (Wildman–Crippen LogP) is 1.98. The van der Waals surface area contributed by atoms with Gasteiger partial charge >= 0.3 is 0 Å². The van der Waals surface area contributed by atoms with Gasteiger partial charge in [-0.1, -0.05) is 12.1 Å². The standard InChI is InChI=1S/C14H20N2O2/c1-3-15-13-7-5-4-6-12(13)14(17)16-9-8-11(10-16)18-2/h4-7,11,15H,3,8-10H2,1-2H3. The lowest BCUT2D eigenvalue weighted by Crippen LogP contribution is -2.30. The van der Waals surface area contributed by atoms with Crippen LogP contribution in [0.15, 0.2) is 24.3 Å². The minimum atomic E-state index is 0.0890. The van der Waals surface area contributed by atoms with Crippen molar-refractivity contribution in [3.05, 3.63) is 29.8 Å². The second-order valence-electron chi connectivity index (χ2n) is 4.47. The summed E-state index contributed by atoms with van der Waals surface area (Å²) in [4.78, 5) is 14.3. The summed E-state index contributed by atoms with van der Waals surface area (Å²) in [6.45, 7) is 4.30. The van der Waals surface area contributed by atoms with Crippen molar-refractivity contribution < 1.29 is 9.53 Å². The third kappa shape index (κ3) is 2.64. The summed E-state index contributed by atoms with van der Waals surface area (Å²) in [6, 6.07) is 7.66. The van der Waals surface area contributed by atoms with Crippen LogP contribution < -0.4 is 5.32 Å². The van der Waals surface area contributed by atoms with E-state index in [1.54, 1.807) is 7.11 Å². The lowest BCUT2D eigenvalue weighted by Gasteiger charge is -2.18. The molecule has 1 aromatic carbocycles. The molecule has 1 aliphatic rings. The maximum atomic E-state index is 12.4. The normalized spacial score (nSPS) is 19.0. The van der Waals surface area contributed by atoms with Crippen LogP contribution in [0.3, 0.4) is 0 Å². The molecule has 18 heavy (non-hydrogen) atoms. The summed E-state index contributed by atoms with van der Waals surface area (Å²) in [5, 5.41) is 3.23. The Bertz CT molecular complexity index is 420. The number of nitrogens with zero attached hydrogens (tertiary/aromatic N) is 1. The molecule has 1 atom stereocenters. The molecular weight excluding hydrogens is 228 g/mol. The third-order valence-electron chi connectivity index (χ3n) is 3.29. The van der Waals surface area contributed by atoms with E-state index < -0.39 is 0 Å². The van der Waals surface area contributed by atoms with E-state index in [9.17, 15) is 4.79 Å². The molecule has 0 radical (unpaired) electrons. The molecule has 1 amide bonds.